The zero-order valence-electron chi connectivity index (χ0n) is 10.2. The largest absolute Gasteiger partial charge is 0.481 e. The van der Waals surface area contributed by atoms with Crippen LogP contribution in [-0.4, -0.2) is 22.6 Å². The van der Waals surface area contributed by atoms with Crippen LogP contribution in [0.5, 0.6) is 0 Å². The highest BCUT2D eigenvalue weighted by Crippen LogP contribution is 2.30. The third-order valence-electron chi connectivity index (χ3n) is 2.76. The van der Waals surface area contributed by atoms with Gasteiger partial charge in [-0.2, -0.15) is 0 Å². The smallest absolute Gasteiger partial charge is 0.309 e. The zero-order chi connectivity index (χ0) is 12.3. The van der Waals surface area contributed by atoms with Crippen LogP contribution in [0.2, 0.25) is 0 Å². The van der Waals surface area contributed by atoms with Gasteiger partial charge in [-0.05, 0) is 40.0 Å². The Hall–Kier alpha value is -1.06. The van der Waals surface area contributed by atoms with Crippen LogP contribution in [0.3, 0.4) is 0 Å². The third kappa shape index (κ3) is 3.83. The van der Waals surface area contributed by atoms with Gasteiger partial charge in [0.05, 0.1) is 11.8 Å². The van der Waals surface area contributed by atoms with Gasteiger partial charge < -0.3 is 9.84 Å². The first kappa shape index (κ1) is 13.0. The quantitative estimate of drug-likeness (QED) is 0.736. The highest BCUT2D eigenvalue weighted by molar-refractivity contribution is 5.75. The molecule has 1 aliphatic carbocycles. The minimum Gasteiger partial charge on any atom is -0.481 e. The summed E-state index contributed by atoms with van der Waals surface area (Å²) in [4.78, 5) is 22.6. The number of carbonyl (C=O) groups is 2. The number of aliphatic carboxylic acids is 1. The summed E-state index contributed by atoms with van der Waals surface area (Å²) in [6, 6.07) is 0. The van der Waals surface area contributed by atoms with Gasteiger partial charge in [-0.15, -0.1) is 0 Å². The lowest BCUT2D eigenvalue weighted by molar-refractivity contribution is -0.162. The maximum absolute atomic E-state index is 11.8. The van der Waals surface area contributed by atoms with E-state index < -0.39 is 11.6 Å². The molecular weight excluding hydrogens is 208 g/mol. The molecule has 0 heterocycles. The highest BCUT2D eigenvalue weighted by atomic mass is 16.6. The Morgan fingerprint density at radius 2 is 1.75 bits per heavy atom. The molecular formula is C12H20O4. The van der Waals surface area contributed by atoms with Crippen molar-refractivity contribution in [1.29, 1.82) is 0 Å². The summed E-state index contributed by atoms with van der Waals surface area (Å²) in [5, 5.41) is 8.92. The van der Waals surface area contributed by atoms with Crippen LogP contribution in [0.1, 0.15) is 46.5 Å². The molecule has 0 unspecified atom stereocenters. The van der Waals surface area contributed by atoms with Crippen molar-refractivity contribution in [3.05, 3.63) is 0 Å². The second-order valence-corrected chi connectivity index (χ2v) is 5.43. The van der Waals surface area contributed by atoms with E-state index in [-0.39, 0.29) is 17.8 Å². The van der Waals surface area contributed by atoms with E-state index in [0.29, 0.717) is 12.8 Å². The van der Waals surface area contributed by atoms with E-state index in [4.69, 9.17) is 9.84 Å². The molecule has 0 aromatic rings. The molecule has 4 nitrogen and oxygen atoms in total. The Morgan fingerprint density at radius 3 is 2.25 bits per heavy atom. The number of rotatable bonds is 2. The van der Waals surface area contributed by atoms with Crippen LogP contribution in [0, 0.1) is 11.8 Å². The standard InChI is InChI=1S/C12H20O4/c1-12(2,3)16-11(15)9-6-4-5-8(7-9)10(13)14/h8-9H,4-7H2,1-3H3,(H,13,14)/t8-,9+/m0/s1. The molecule has 16 heavy (non-hydrogen) atoms. The van der Waals surface area contributed by atoms with Crippen molar-refractivity contribution in [3.63, 3.8) is 0 Å². The Kier molecular flexibility index (Phi) is 3.94. The molecule has 0 bridgehead atoms. The Labute approximate surface area is 96.0 Å². The Bertz CT molecular complexity index is 277. The molecule has 0 aromatic heterocycles. The van der Waals surface area contributed by atoms with Gasteiger partial charge in [0, 0.05) is 0 Å². The maximum atomic E-state index is 11.8. The zero-order valence-corrected chi connectivity index (χ0v) is 10.2. The molecule has 0 spiro atoms. The van der Waals surface area contributed by atoms with Crippen LogP contribution in [-0.2, 0) is 14.3 Å². The Balaban J connectivity index is 2.54. The van der Waals surface area contributed by atoms with E-state index in [1.165, 1.54) is 0 Å². The molecule has 1 fully saturated rings. The first-order valence-corrected chi connectivity index (χ1v) is 5.75. The molecule has 0 amide bonds. The lowest BCUT2D eigenvalue weighted by Crippen LogP contribution is -2.33. The summed E-state index contributed by atoms with van der Waals surface area (Å²) in [5.74, 6) is -1.67. The van der Waals surface area contributed by atoms with Crippen molar-refractivity contribution in [3.8, 4) is 0 Å². The Morgan fingerprint density at radius 1 is 1.19 bits per heavy atom. The van der Waals surface area contributed by atoms with E-state index in [1.54, 1.807) is 0 Å². The SMILES string of the molecule is CC(C)(C)OC(=O)[C@@H]1CCC[C@H](C(=O)O)C1. The van der Waals surface area contributed by atoms with Crippen LogP contribution >= 0.6 is 0 Å². The lowest BCUT2D eigenvalue weighted by Gasteiger charge is -2.28. The van der Waals surface area contributed by atoms with Gasteiger partial charge in [0.1, 0.15) is 5.60 Å². The minimum atomic E-state index is -0.798. The molecule has 4 heteroatoms. The van der Waals surface area contributed by atoms with Gasteiger partial charge in [-0.3, -0.25) is 9.59 Å². The van der Waals surface area contributed by atoms with E-state index in [9.17, 15) is 9.59 Å². The number of carboxylic acids is 1. The number of hydrogen-bond acceptors (Lipinski definition) is 3. The van der Waals surface area contributed by atoms with E-state index in [1.807, 2.05) is 20.8 Å². The lowest BCUT2D eigenvalue weighted by atomic mass is 9.81. The first-order chi connectivity index (χ1) is 7.29. The predicted molar refractivity (Wildman–Crippen MR) is 58.9 cm³/mol. The summed E-state index contributed by atoms with van der Waals surface area (Å²) in [6.07, 6.45) is 2.64. The van der Waals surface area contributed by atoms with Gasteiger partial charge >= 0.3 is 11.9 Å². The molecule has 92 valence electrons. The molecule has 1 saturated carbocycles. The molecule has 0 aliphatic heterocycles. The van der Waals surface area contributed by atoms with Gasteiger partial charge in [-0.1, -0.05) is 6.42 Å². The van der Waals surface area contributed by atoms with Crippen molar-refractivity contribution < 1.29 is 19.4 Å². The summed E-state index contributed by atoms with van der Waals surface area (Å²) < 4.78 is 5.27. The maximum Gasteiger partial charge on any atom is 0.309 e. The van der Waals surface area contributed by atoms with Crippen molar-refractivity contribution in [1.82, 2.24) is 0 Å². The van der Waals surface area contributed by atoms with Crippen molar-refractivity contribution in [2.24, 2.45) is 11.8 Å². The van der Waals surface area contributed by atoms with Crippen molar-refractivity contribution >= 4 is 11.9 Å². The third-order valence-corrected chi connectivity index (χ3v) is 2.76. The van der Waals surface area contributed by atoms with Gasteiger partial charge in [0.15, 0.2) is 0 Å². The van der Waals surface area contributed by atoms with E-state index in [0.717, 1.165) is 12.8 Å². The number of carboxylic acid groups (broad SMARTS) is 1. The van der Waals surface area contributed by atoms with Gasteiger partial charge in [-0.25, -0.2) is 0 Å². The summed E-state index contributed by atoms with van der Waals surface area (Å²) in [7, 11) is 0. The van der Waals surface area contributed by atoms with E-state index in [2.05, 4.69) is 0 Å². The fourth-order valence-corrected chi connectivity index (χ4v) is 2.01. The highest BCUT2D eigenvalue weighted by Gasteiger charge is 2.33. The van der Waals surface area contributed by atoms with Crippen molar-refractivity contribution in [2.45, 2.75) is 52.1 Å². The van der Waals surface area contributed by atoms with Gasteiger partial charge in [0.25, 0.3) is 0 Å². The number of carbonyl (C=O) groups excluding carboxylic acids is 1. The number of ether oxygens (including phenoxy) is 1. The molecule has 1 aliphatic rings. The van der Waals surface area contributed by atoms with E-state index >= 15 is 0 Å². The normalized spacial score (nSPS) is 26.2. The van der Waals surface area contributed by atoms with Crippen LogP contribution in [0.15, 0.2) is 0 Å². The van der Waals surface area contributed by atoms with Crippen LogP contribution in [0.4, 0.5) is 0 Å². The average molecular weight is 228 g/mol. The molecule has 1 N–H and O–H groups in total. The number of hydrogen-bond donors (Lipinski definition) is 1. The fourth-order valence-electron chi connectivity index (χ4n) is 2.01. The molecule has 1 rings (SSSR count). The van der Waals surface area contributed by atoms with Gasteiger partial charge in [0.2, 0.25) is 0 Å². The van der Waals surface area contributed by atoms with Crippen LogP contribution < -0.4 is 0 Å². The topological polar surface area (TPSA) is 63.6 Å². The summed E-state index contributed by atoms with van der Waals surface area (Å²) >= 11 is 0. The monoisotopic (exact) mass is 228 g/mol. The molecule has 2 atom stereocenters. The van der Waals surface area contributed by atoms with Crippen LogP contribution in [0.25, 0.3) is 0 Å². The summed E-state index contributed by atoms with van der Waals surface area (Å²) in [5.41, 5.74) is -0.493. The number of esters is 1. The molecule has 0 radical (unpaired) electrons. The minimum absolute atomic E-state index is 0.242. The first-order valence-electron chi connectivity index (χ1n) is 5.75. The molecule has 0 aromatic carbocycles. The molecule has 0 saturated heterocycles. The summed E-state index contributed by atoms with van der Waals surface area (Å²) in [6.45, 7) is 5.47. The van der Waals surface area contributed by atoms with Crippen molar-refractivity contribution in [2.75, 3.05) is 0 Å². The average Bonchev–Trinajstić information content (AvgIpc) is 2.15. The second-order valence-electron chi connectivity index (χ2n) is 5.43. The predicted octanol–water partition coefficient (Wildman–Crippen LogP) is 2.22. The fraction of sp³-hybridized carbons (Fsp3) is 0.833. The second kappa shape index (κ2) is 4.85.